The number of halogens is 1. The van der Waals surface area contributed by atoms with Gasteiger partial charge < -0.3 is 19.6 Å². The van der Waals surface area contributed by atoms with E-state index in [1.54, 1.807) is 0 Å². The highest BCUT2D eigenvalue weighted by Crippen LogP contribution is 2.39. The lowest BCUT2D eigenvalue weighted by atomic mass is 10.1. The van der Waals surface area contributed by atoms with Crippen LogP contribution in [0.2, 0.25) is 0 Å². The van der Waals surface area contributed by atoms with Crippen molar-refractivity contribution in [2.45, 2.75) is 13.2 Å². The summed E-state index contributed by atoms with van der Waals surface area (Å²) in [6, 6.07) is 4.50. The molecule has 0 aliphatic carbocycles. The van der Waals surface area contributed by atoms with Crippen LogP contribution in [0.15, 0.2) is 22.7 Å². The van der Waals surface area contributed by atoms with Crippen molar-refractivity contribution in [3.8, 4) is 0 Å². The quantitative estimate of drug-likeness (QED) is 0.551. The summed E-state index contributed by atoms with van der Waals surface area (Å²) in [7, 11) is -9.08. The van der Waals surface area contributed by atoms with E-state index in [1.165, 1.54) is 18.2 Å². The molecule has 0 spiro atoms. The van der Waals surface area contributed by atoms with Gasteiger partial charge in [0, 0.05) is 4.47 Å². The van der Waals surface area contributed by atoms with E-state index in [0.29, 0.717) is 15.6 Å². The third-order valence-electron chi connectivity index (χ3n) is 1.91. The number of phosphoric acid groups is 2. The van der Waals surface area contributed by atoms with Gasteiger partial charge in [0.05, 0.1) is 13.2 Å². The van der Waals surface area contributed by atoms with Crippen LogP contribution in [-0.4, -0.2) is 19.6 Å². The van der Waals surface area contributed by atoms with Crippen molar-refractivity contribution >= 4 is 31.6 Å². The summed E-state index contributed by atoms with van der Waals surface area (Å²) in [5.41, 5.74) is 0.957. The number of phosphoric ester groups is 2. The SMILES string of the molecule is O=P(O)(O)OCc1ccc(COP(=O)(O)O)c(Br)c1. The highest BCUT2D eigenvalue weighted by atomic mass is 79.9. The van der Waals surface area contributed by atoms with Crippen LogP contribution >= 0.6 is 31.6 Å². The number of hydrogen-bond donors (Lipinski definition) is 4. The minimum absolute atomic E-state index is 0.289. The average Bonchev–Trinajstić information content (AvgIpc) is 2.22. The normalized spacial score (nSPS) is 12.7. The van der Waals surface area contributed by atoms with Crippen molar-refractivity contribution in [3.05, 3.63) is 33.8 Å². The van der Waals surface area contributed by atoms with Crippen LogP contribution in [0, 0.1) is 0 Å². The molecule has 11 heteroatoms. The molecule has 0 radical (unpaired) electrons. The van der Waals surface area contributed by atoms with Crippen LogP contribution in [0.1, 0.15) is 11.1 Å². The lowest BCUT2D eigenvalue weighted by Gasteiger charge is -2.09. The summed E-state index contributed by atoms with van der Waals surface area (Å²) in [6.07, 6.45) is 0. The largest absolute Gasteiger partial charge is 0.469 e. The maximum atomic E-state index is 10.5. The Bertz CT molecular complexity index is 536. The van der Waals surface area contributed by atoms with Gasteiger partial charge in [0.1, 0.15) is 0 Å². The Morgan fingerprint density at radius 1 is 1.00 bits per heavy atom. The third kappa shape index (κ3) is 7.31. The summed E-state index contributed by atoms with van der Waals surface area (Å²) in [4.78, 5) is 34.2. The van der Waals surface area contributed by atoms with Crippen molar-refractivity contribution in [2.24, 2.45) is 0 Å². The Balaban J connectivity index is 2.69. The number of rotatable bonds is 6. The molecule has 4 N–H and O–H groups in total. The molecular formula is C8H11BrO8P2. The molecule has 0 fully saturated rings. The van der Waals surface area contributed by atoms with Crippen molar-refractivity contribution < 1.29 is 37.8 Å². The van der Waals surface area contributed by atoms with Gasteiger partial charge in [-0.2, -0.15) is 0 Å². The fourth-order valence-electron chi connectivity index (χ4n) is 1.11. The topological polar surface area (TPSA) is 134 Å². The van der Waals surface area contributed by atoms with Crippen molar-refractivity contribution in [1.82, 2.24) is 0 Å². The molecule has 1 aromatic rings. The fourth-order valence-corrected chi connectivity index (χ4v) is 2.28. The molecule has 19 heavy (non-hydrogen) atoms. The first-order chi connectivity index (χ1) is 8.57. The fraction of sp³-hybridized carbons (Fsp3) is 0.250. The zero-order valence-corrected chi connectivity index (χ0v) is 12.7. The Labute approximate surface area is 117 Å². The Morgan fingerprint density at radius 2 is 1.53 bits per heavy atom. The van der Waals surface area contributed by atoms with E-state index in [4.69, 9.17) is 19.6 Å². The smallest absolute Gasteiger partial charge is 0.303 e. The molecule has 0 bridgehead atoms. The molecule has 0 aromatic heterocycles. The van der Waals surface area contributed by atoms with Gasteiger partial charge in [-0.05, 0) is 17.2 Å². The molecule has 0 aliphatic heterocycles. The second-order valence-electron chi connectivity index (χ2n) is 3.45. The van der Waals surface area contributed by atoms with Crippen LogP contribution in [0.4, 0.5) is 0 Å². The maximum absolute atomic E-state index is 10.5. The van der Waals surface area contributed by atoms with Crippen molar-refractivity contribution in [3.63, 3.8) is 0 Å². The molecule has 108 valence electrons. The lowest BCUT2D eigenvalue weighted by Crippen LogP contribution is -1.95. The maximum Gasteiger partial charge on any atom is 0.469 e. The Morgan fingerprint density at radius 3 is 2.00 bits per heavy atom. The molecule has 0 amide bonds. The molecule has 1 aromatic carbocycles. The molecule has 0 unspecified atom stereocenters. The highest BCUT2D eigenvalue weighted by Gasteiger charge is 2.16. The monoisotopic (exact) mass is 376 g/mol. The molecule has 1 rings (SSSR count). The zero-order valence-electron chi connectivity index (χ0n) is 9.34. The second kappa shape index (κ2) is 6.58. The van der Waals surface area contributed by atoms with E-state index in [0.717, 1.165) is 0 Å². The van der Waals surface area contributed by atoms with Crippen LogP contribution in [-0.2, 0) is 31.4 Å². The van der Waals surface area contributed by atoms with Gasteiger partial charge in [0.15, 0.2) is 0 Å². The zero-order chi connectivity index (χ0) is 14.7. The Hall–Kier alpha value is -0.0800. The van der Waals surface area contributed by atoms with Gasteiger partial charge in [-0.15, -0.1) is 0 Å². The van der Waals surface area contributed by atoms with Gasteiger partial charge in [0.2, 0.25) is 0 Å². The molecule has 0 saturated carbocycles. The van der Waals surface area contributed by atoms with Gasteiger partial charge in [0.25, 0.3) is 0 Å². The standard InChI is InChI=1S/C8H11BrO8P2/c9-8-3-6(4-16-18(10,11)12)1-2-7(8)5-17-19(13,14)15/h1-3H,4-5H2,(H2,10,11,12)(H2,13,14,15). The van der Waals surface area contributed by atoms with Crippen molar-refractivity contribution in [2.75, 3.05) is 0 Å². The van der Waals surface area contributed by atoms with Gasteiger partial charge in [-0.1, -0.05) is 28.1 Å². The van der Waals surface area contributed by atoms with Crippen LogP contribution < -0.4 is 0 Å². The van der Waals surface area contributed by atoms with E-state index in [9.17, 15) is 9.13 Å². The lowest BCUT2D eigenvalue weighted by molar-refractivity contribution is 0.186. The molecular weight excluding hydrogens is 366 g/mol. The molecule has 0 atom stereocenters. The van der Waals surface area contributed by atoms with Gasteiger partial charge in [-0.3, -0.25) is 9.05 Å². The second-order valence-corrected chi connectivity index (χ2v) is 6.79. The third-order valence-corrected chi connectivity index (χ3v) is 3.57. The van der Waals surface area contributed by atoms with Gasteiger partial charge in [-0.25, -0.2) is 9.13 Å². The summed E-state index contributed by atoms with van der Waals surface area (Å²) >= 11 is 3.15. The van der Waals surface area contributed by atoms with E-state index in [1.807, 2.05) is 0 Å². The van der Waals surface area contributed by atoms with Crippen LogP contribution in [0.3, 0.4) is 0 Å². The first kappa shape index (κ1) is 17.0. The number of hydrogen-bond acceptors (Lipinski definition) is 4. The van der Waals surface area contributed by atoms with E-state index in [-0.39, 0.29) is 13.2 Å². The average molecular weight is 377 g/mol. The van der Waals surface area contributed by atoms with Gasteiger partial charge >= 0.3 is 15.6 Å². The van der Waals surface area contributed by atoms with Crippen LogP contribution in [0.25, 0.3) is 0 Å². The summed E-state index contributed by atoms with van der Waals surface area (Å²) < 4.78 is 30.2. The van der Waals surface area contributed by atoms with Crippen molar-refractivity contribution in [1.29, 1.82) is 0 Å². The van der Waals surface area contributed by atoms with E-state index in [2.05, 4.69) is 25.0 Å². The molecule has 0 aliphatic rings. The Kier molecular flexibility index (Phi) is 5.88. The highest BCUT2D eigenvalue weighted by molar-refractivity contribution is 9.10. The summed E-state index contributed by atoms with van der Waals surface area (Å²) in [5.74, 6) is 0. The van der Waals surface area contributed by atoms with Crippen LogP contribution in [0.5, 0.6) is 0 Å². The molecule has 0 heterocycles. The molecule has 8 nitrogen and oxygen atoms in total. The predicted octanol–water partition coefficient (Wildman–Crippen LogP) is 1.67. The van der Waals surface area contributed by atoms with E-state index < -0.39 is 15.6 Å². The number of benzene rings is 1. The minimum Gasteiger partial charge on any atom is -0.303 e. The predicted molar refractivity (Wildman–Crippen MR) is 67.8 cm³/mol. The summed E-state index contributed by atoms with van der Waals surface area (Å²) in [6.45, 7) is -0.590. The van der Waals surface area contributed by atoms with E-state index >= 15 is 0 Å². The first-order valence-corrected chi connectivity index (χ1v) is 8.60. The molecule has 0 saturated heterocycles. The minimum atomic E-state index is -4.55. The first-order valence-electron chi connectivity index (χ1n) is 4.74. The summed E-state index contributed by atoms with van der Waals surface area (Å²) in [5, 5.41) is 0.